The molecule has 3 aromatic rings. The molecular weight excluding hydrogens is 582 g/mol. The summed E-state index contributed by atoms with van der Waals surface area (Å²) in [4.78, 5) is 43.7. The van der Waals surface area contributed by atoms with Crippen LogP contribution in [-0.2, 0) is 16.0 Å². The summed E-state index contributed by atoms with van der Waals surface area (Å²) in [5.74, 6) is -0.367. The third-order valence-electron chi connectivity index (χ3n) is 8.42. The summed E-state index contributed by atoms with van der Waals surface area (Å²) in [6.45, 7) is 6.70. The Morgan fingerprint density at radius 3 is 2.41 bits per heavy atom. The fourth-order valence-electron chi connectivity index (χ4n) is 5.53. The minimum Gasteiger partial charge on any atom is -0.490 e. The van der Waals surface area contributed by atoms with Crippen molar-refractivity contribution in [2.24, 2.45) is 5.92 Å². The molecule has 0 aromatic heterocycles. The topological polar surface area (TPSA) is 108 Å². The highest BCUT2D eigenvalue weighted by Gasteiger charge is 2.31. The van der Waals surface area contributed by atoms with Crippen LogP contribution in [0.5, 0.6) is 5.75 Å². The van der Waals surface area contributed by atoms with Gasteiger partial charge in [0, 0.05) is 43.9 Å². The Balaban J connectivity index is 1.60. The van der Waals surface area contributed by atoms with Gasteiger partial charge in [0.05, 0.1) is 36.8 Å². The van der Waals surface area contributed by atoms with Gasteiger partial charge in [-0.25, -0.2) is 0 Å². The number of ether oxygens (including phenoxy) is 2. The summed E-state index contributed by atoms with van der Waals surface area (Å²) in [5, 5.41) is 13.1. The van der Waals surface area contributed by atoms with Gasteiger partial charge in [-0.1, -0.05) is 55.5 Å². The van der Waals surface area contributed by atoms with E-state index in [2.05, 4.69) is 5.32 Å². The van der Waals surface area contributed by atoms with E-state index in [1.807, 2.05) is 50.2 Å². The van der Waals surface area contributed by atoms with Crippen LogP contribution in [0.1, 0.15) is 66.3 Å². The summed E-state index contributed by atoms with van der Waals surface area (Å²) in [5.41, 5.74) is 2.21. The van der Waals surface area contributed by atoms with Gasteiger partial charge < -0.3 is 29.7 Å². The maximum absolute atomic E-state index is 14.3. The minimum atomic E-state index is -0.506. The number of hydrogen-bond donors (Lipinski definition) is 2. The molecule has 9 nitrogen and oxygen atoms in total. The standard InChI is InChI=1S/C37H47N3O6/c1-26-23-40(27(2)25-41)37(44)32-22-31(38-36(43)30-16-9-6-10-17-30)18-19-33(32)46-28(3)13-11-12-20-45-34(26)24-39(4)35(42)21-29-14-7-5-8-15-29/h5-10,14-19,22,26-28,34,41H,11-13,20-21,23-25H2,1-4H3,(H,38,43)/t26-,27+,28-,34+/m0/s1. The number of nitrogens with zero attached hydrogens (tertiary/aromatic N) is 2. The van der Waals surface area contributed by atoms with Crippen LogP contribution < -0.4 is 10.1 Å². The number of benzene rings is 3. The Kier molecular flexibility index (Phi) is 12.7. The highest BCUT2D eigenvalue weighted by atomic mass is 16.5. The van der Waals surface area contributed by atoms with Crippen molar-refractivity contribution in [1.82, 2.24) is 9.80 Å². The van der Waals surface area contributed by atoms with Gasteiger partial charge in [0.1, 0.15) is 5.75 Å². The van der Waals surface area contributed by atoms with Crippen molar-refractivity contribution in [2.45, 2.75) is 64.7 Å². The van der Waals surface area contributed by atoms with Crippen molar-refractivity contribution in [3.05, 3.63) is 95.6 Å². The number of nitrogens with one attached hydrogen (secondary N) is 1. The average Bonchev–Trinajstić information content (AvgIpc) is 3.06. The smallest absolute Gasteiger partial charge is 0.258 e. The molecule has 4 rings (SSSR count). The number of likely N-dealkylation sites (N-methyl/N-ethyl adjacent to an activating group) is 1. The SMILES string of the molecule is C[C@H](CO)N1C[C@H](C)[C@@H](CN(C)C(=O)Cc2ccccc2)OCCCC[C@H](C)Oc2ccc(NC(=O)c3ccccc3)cc2C1=O. The van der Waals surface area contributed by atoms with E-state index in [0.29, 0.717) is 42.1 Å². The van der Waals surface area contributed by atoms with Crippen LogP contribution in [0.2, 0.25) is 0 Å². The van der Waals surface area contributed by atoms with Crippen molar-refractivity contribution in [3.63, 3.8) is 0 Å². The number of aliphatic hydroxyl groups excluding tert-OH is 1. The molecule has 0 saturated carbocycles. The number of aliphatic hydroxyl groups is 1. The van der Waals surface area contributed by atoms with E-state index in [9.17, 15) is 19.5 Å². The fraction of sp³-hybridized carbons (Fsp3) is 0.432. The van der Waals surface area contributed by atoms with Crippen LogP contribution in [0.4, 0.5) is 5.69 Å². The zero-order chi connectivity index (χ0) is 33.1. The number of carbonyl (C=O) groups excluding carboxylic acids is 3. The number of hydrogen-bond acceptors (Lipinski definition) is 6. The quantitative estimate of drug-likeness (QED) is 0.344. The first-order valence-corrected chi connectivity index (χ1v) is 16.1. The molecule has 1 aliphatic rings. The highest BCUT2D eigenvalue weighted by molar-refractivity contribution is 6.05. The Morgan fingerprint density at radius 1 is 1.02 bits per heavy atom. The molecule has 1 aliphatic heterocycles. The second-order valence-corrected chi connectivity index (χ2v) is 12.3. The molecule has 1 heterocycles. The Hall–Kier alpha value is -4.21. The number of fused-ring (bicyclic) bond motifs is 1. The van der Waals surface area contributed by atoms with Crippen LogP contribution >= 0.6 is 0 Å². The van der Waals surface area contributed by atoms with Crippen LogP contribution in [0, 0.1) is 5.92 Å². The normalized spacial score (nSPS) is 20.1. The number of rotatable bonds is 8. The Labute approximate surface area is 272 Å². The summed E-state index contributed by atoms with van der Waals surface area (Å²) in [6.07, 6.45) is 2.25. The van der Waals surface area contributed by atoms with E-state index in [1.165, 1.54) is 0 Å². The number of carbonyl (C=O) groups is 3. The van der Waals surface area contributed by atoms with Gasteiger partial charge in [-0.15, -0.1) is 0 Å². The summed E-state index contributed by atoms with van der Waals surface area (Å²) >= 11 is 0. The van der Waals surface area contributed by atoms with Gasteiger partial charge in [-0.3, -0.25) is 14.4 Å². The molecule has 0 saturated heterocycles. The molecule has 46 heavy (non-hydrogen) atoms. The lowest BCUT2D eigenvalue weighted by molar-refractivity contribution is -0.131. The Morgan fingerprint density at radius 2 is 1.72 bits per heavy atom. The van der Waals surface area contributed by atoms with Gasteiger partial charge in [0.15, 0.2) is 0 Å². The third-order valence-corrected chi connectivity index (χ3v) is 8.42. The van der Waals surface area contributed by atoms with Crippen LogP contribution in [0.25, 0.3) is 0 Å². The minimum absolute atomic E-state index is 0.0111. The molecule has 246 valence electrons. The first kappa shape index (κ1) is 34.7. The molecule has 0 unspecified atom stereocenters. The van der Waals surface area contributed by atoms with E-state index in [0.717, 1.165) is 24.8 Å². The zero-order valence-corrected chi connectivity index (χ0v) is 27.4. The zero-order valence-electron chi connectivity index (χ0n) is 27.4. The molecule has 2 N–H and O–H groups in total. The molecule has 4 atom stereocenters. The first-order valence-electron chi connectivity index (χ1n) is 16.1. The predicted octanol–water partition coefficient (Wildman–Crippen LogP) is 5.44. The molecule has 0 bridgehead atoms. The van der Waals surface area contributed by atoms with Gasteiger partial charge in [-0.2, -0.15) is 0 Å². The van der Waals surface area contributed by atoms with Crippen molar-refractivity contribution in [1.29, 1.82) is 0 Å². The van der Waals surface area contributed by atoms with E-state index in [-0.39, 0.29) is 49.0 Å². The van der Waals surface area contributed by atoms with Crippen LogP contribution in [-0.4, -0.2) is 84.2 Å². The Bertz CT molecular complexity index is 1430. The molecule has 3 aromatic carbocycles. The lowest BCUT2D eigenvalue weighted by Crippen LogP contribution is -2.48. The largest absolute Gasteiger partial charge is 0.490 e. The molecule has 0 aliphatic carbocycles. The third kappa shape index (κ3) is 9.64. The van der Waals surface area contributed by atoms with Gasteiger partial charge >= 0.3 is 0 Å². The maximum Gasteiger partial charge on any atom is 0.258 e. The van der Waals surface area contributed by atoms with Crippen LogP contribution in [0.3, 0.4) is 0 Å². The first-order chi connectivity index (χ1) is 22.2. The monoisotopic (exact) mass is 629 g/mol. The van der Waals surface area contributed by atoms with E-state index in [1.54, 1.807) is 66.2 Å². The van der Waals surface area contributed by atoms with Gasteiger partial charge in [-0.05, 0) is 69.0 Å². The molecule has 0 radical (unpaired) electrons. The van der Waals surface area contributed by atoms with Crippen molar-refractivity contribution < 1.29 is 29.0 Å². The summed E-state index contributed by atoms with van der Waals surface area (Å²) < 4.78 is 12.7. The highest BCUT2D eigenvalue weighted by Crippen LogP contribution is 2.29. The molecule has 0 spiro atoms. The average molecular weight is 630 g/mol. The lowest BCUT2D eigenvalue weighted by atomic mass is 10.0. The maximum atomic E-state index is 14.3. The molecule has 9 heteroatoms. The van der Waals surface area contributed by atoms with Crippen molar-refractivity contribution in [2.75, 3.05) is 38.7 Å². The van der Waals surface area contributed by atoms with E-state index >= 15 is 0 Å². The second-order valence-electron chi connectivity index (χ2n) is 12.3. The molecule has 3 amide bonds. The van der Waals surface area contributed by atoms with Crippen molar-refractivity contribution >= 4 is 23.4 Å². The fourth-order valence-corrected chi connectivity index (χ4v) is 5.53. The van der Waals surface area contributed by atoms with Gasteiger partial charge in [0.2, 0.25) is 5.91 Å². The van der Waals surface area contributed by atoms with Gasteiger partial charge in [0.25, 0.3) is 11.8 Å². The summed E-state index contributed by atoms with van der Waals surface area (Å²) in [7, 11) is 1.78. The number of anilines is 1. The number of amides is 3. The van der Waals surface area contributed by atoms with Crippen molar-refractivity contribution in [3.8, 4) is 5.75 Å². The molecule has 0 fully saturated rings. The van der Waals surface area contributed by atoms with E-state index in [4.69, 9.17) is 9.47 Å². The second kappa shape index (κ2) is 16.9. The summed E-state index contributed by atoms with van der Waals surface area (Å²) in [6, 6.07) is 23.1. The predicted molar refractivity (Wildman–Crippen MR) is 179 cm³/mol. The van der Waals surface area contributed by atoms with Crippen LogP contribution in [0.15, 0.2) is 78.9 Å². The molecular formula is C37H47N3O6. The lowest BCUT2D eigenvalue weighted by Gasteiger charge is -2.36. The van der Waals surface area contributed by atoms with E-state index < -0.39 is 6.04 Å².